The number of hydrogen-bond acceptors (Lipinski definition) is 4. The van der Waals surface area contributed by atoms with Crippen LogP contribution < -0.4 is 0 Å². The van der Waals surface area contributed by atoms with Gasteiger partial charge in [-0.15, -0.1) is 11.3 Å². The fraction of sp³-hybridized carbons (Fsp3) is 0. The number of nitro benzene ring substituents is 1. The van der Waals surface area contributed by atoms with Crippen LogP contribution in [0.25, 0.3) is 10.6 Å². The number of nitrogens with zero attached hydrogens (tertiary/aromatic N) is 2. The summed E-state index contributed by atoms with van der Waals surface area (Å²) < 4.78 is 0. The molecule has 20 heavy (non-hydrogen) atoms. The maximum Gasteiger partial charge on any atom is 0.271 e. The first-order chi connectivity index (χ1) is 9.52. The second kappa shape index (κ2) is 6.06. The van der Waals surface area contributed by atoms with Gasteiger partial charge in [0.05, 0.1) is 15.5 Å². The predicted octanol–water partition coefficient (Wildman–Crippen LogP) is 4.94. The molecule has 0 saturated carbocycles. The standard InChI is InChI=1S/C13H6Cl2N2O2S/c14-9-4-8(5-10(6-9)17(18)19)13(15)11(7-16)12-2-1-3-20-12/h1-6H/b13-11+. The number of hydrogen-bond donors (Lipinski definition) is 0. The first-order valence-corrected chi connectivity index (χ1v) is 6.95. The molecule has 0 radical (unpaired) electrons. The maximum absolute atomic E-state index is 10.8. The van der Waals surface area contributed by atoms with E-state index in [-0.39, 0.29) is 21.3 Å². The molecule has 1 aromatic carbocycles. The van der Waals surface area contributed by atoms with Gasteiger partial charge >= 0.3 is 0 Å². The molecule has 0 fully saturated rings. The van der Waals surface area contributed by atoms with Gasteiger partial charge in [0, 0.05) is 27.6 Å². The predicted molar refractivity (Wildman–Crippen MR) is 80.7 cm³/mol. The zero-order chi connectivity index (χ0) is 14.7. The van der Waals surface area contributed by atoms with Crippen LogP contribution in [0.2, 0.25) is 5.02 Å². The van der Waals surface area contributed by atoms with Crippen LogP contribution in [0.15, 0.2) is 35.7 Å². The number of rotatable bonds is 3. The van der Waals surface area contributed by atoms with Crippen molar-refractivity contribution in [3.8, 4) is 6.07 Å². The monoisotopic (exact) mass is 324 g/mol. The smallest absolute Gasteiger partial charge is 0.258 e. The van der Waals surface area contributed by atoms with Crippen molar-refractivity contribution < 1.29 is 4.92 Å². The average Bonchev–Trinajstić information content (AvgIpc) is 2.92. The summed E-state index contributed by atoms with van der Waals surface area (Å²) in [5, 5.41) is 22.2. The van der Waals surface area contributed by atoms with Crippen LogP contribution in [0, 0.1) is 21.4 Å². The van der Waals surface area contributed by atoms with Crippen LogP contribution in [-0.4, -0.2) is 4.92 Å². The summed E-state index contributed by atoms with van der Waals surface area (Å²) >= 11 is 13.4. The summed E-state index contributed by atoms with van der Waals surface area (Å²) in [5.74, 6) is 0. The molecule has 2 rings (SSSR count). The maximum atomic E-state index is 10.8. The normalized spacial score (nSPS) is 11.7. The van der Waals surface area contributed by atoms with E-state index in [1.165, 1.54) is 29.5 Å². The largest absolute Gasteiger partial charge is 0.271 e. The Bertz CT molecular complexity index is 733. The van der Waals surface area contributed by atoms with Gasteiger partial charge in [0.1, 0.15) is 6.07 Å². The molecule has 0 aliphatic carbocycles. The molecule has 0 spiro atoms. The van der Waals surface area contributed by atoms with Crippen molar-refractivity contribution in [2.75, 3.05) is 0 Å². The molecule has 0 aliphatic heterocycles. The van der Waals surface area contributed by atoms with Gasteiger partial charge in [-0.05, 0) is 17.5 Å². The van der Waals surface area contributed by atoms with Gasteiger partial charge < -0.3 is 0 Å². The fourth-order valence-corrected chi connectivity index (χ4v) is 2.85. The molecule has 1 aromatic heterocycles. The van der Waals surface area contributed by atoms with Crippen LogP contribution in [0.3, 0.4) is 0 Å². The highest BCUT2D eigenvalue weighted by molar-refractivity contribution is 7.11. The third kappa shape index (κ3) is 2.99. The lowest BCUT2D eigenvalue weighted by Crippen LogP contribution is -1.90. The summed E-state index contributed by atoms with van der Waals surface area (Å²) in [7, 11) is 0. The van der Waals surface area contributed by atoms with Crippen LogP contribution in [0.1, 0.15) is 10.4 Å². The second-order valence-corrected chi connectivity index (χ2v) is 5.50. The summed E-state index contributed by atoms with van der Waals surface area (Å²) in [6, 6.07) is 9.57. The highest BCUT2D eigenvalue weighted by Crippen LogP contribution is 2.34. The first kappa shape index (κ1) is 14.5. The summed E-state index contributed by atoms with van der Waals surface area (Å²) in [6.45, 7) is 0. The number of thiophene rings is 1. The van der Waals surface area contributed by atoms with Crippen molar-refractivity contribution in [1.82, 2.24) is 0 Å². The molecule has 0 unspecified atom stereocenters. The number of allylic oxidation sites excluding steroid dienone is 1. The lowest BCUT2D eigenvalue weighted by Gasteiger charge is -2.03. The van der Waals surface area contributed by atoms with E-state index >= 15 is 0 Å². The molecule has 0 saturated heterocycles. The van der Waals surface area contributed by atoms with Gasteiger partial charge in [-0.2, -0.15) is 5.26 Å². The first-order valence-electron chi connectivity index (χ1n) is 5.32. The Hall–Kier alpha value is -1.87. The Morgan fingerprint density at radius 1 is 1.40 bits per heavy atom. The molecule has 0 bridgehead atoms. The summed E-state index contributed by atoms with van der Waals surface area (Å²) in [5.41, 5.74) is 0.433. The van der Waals surface area contributed by atoms with Crippen LogP contribution in [-0.2, 0) is 0 Å². The van der Waals surface area contributed by atoms with Crippen molar-refractivity contribution in [3.63, 3.8) is 0 Å². The Morgan fingerprint density at radius 3 is 2.70 bits per heavy atom. The average molecular weight is 325 g/mol. The van der Waals surface area contributed by atoms with E-state index in [0.29, 0.717) is 10.4 Å². The Morgan fingerprint density at radius 2 is 2.15 bits per heavy atom. The van der Waals surface area contributed by atoms with Crippen LogP contribution in [0.5, 0.6) is 0 Å². The highest BCUT2D eigenvalue weighted by atomic mass is 35.5. The molecular weight excluding hydrogens is 319 g/mol. The molecule has 4 nitrogen and oxygen atoms in total. The zero-order valence-corrected chi connectivity index (χ0v) is 12.2. The van der Waals surface area contributed by atoms with E-state index in [1.807, 2.05) is 11.4 Å². The lowest BCUT2D eigenvalue weighted by atomic mass is 10.1. The molecule has 1 heterocycles. The van der Waals surface area contributed by atoms with Crippen molar-refractivity contribution in [2.45, 2.75) is 0 Å². The van der Waals surface area contributed by atoms with E-state index in [0.717, 1.165) is 0 Å². The summed E-state index contributed by atoms with van der Waals surface area (Å²) in [6.07, 6.45) is 0. The number of non-ortho nitro benzene ring substituents is 1. The molecule has 7 heteroatoms. The van der Waals surface area contributed by atoms with Crippen molar-refractivity contribution in [1.29, 1.82) is 5.26 Å². The zero-order valence-electron chi connectivity index (χ0n) is 9.84. The quantitative estimate of drug-likeness (QED) is 0.456. The minimum atomic E-state index is -0.559. The van der Waals surface area contributed by atoms with Gasteiger partial charge in [-0.25, -0.2) is 0 Å². The fourth-order valence-electron chi connectivity index (χ4n) is 1.58. The SMILES string of the molecule is N#C/C(=C(\Cl)c1cc(Cl)cc([N+](=O)[O-])c1)c1cccs1. The molecule has 100 valence electrons. The summed E-state index contributed by atoms with van der Waals surface area (Å²) in [4.78, 5) is 11.0. The second-order valence-electron chi connectivity index (χ2n) is 3.73. The minimum Gasteiger partial charge on any atom is -0.258 e. The van der Waals surface area contributed by atoms with E-state index < -0.39 is 4.92 Å². The molecule has 0 N–H and O–H groups in total. The van der Waals surface area contributed by atoms with Crippen molar-refractivity contribution in [2.24, 2.45) is 0 Å². The van der Waals surface area contributed by atoms with E-state index in [1.54, 1.807) is 12.1 Å². The van der Waals surface area contributed by atoms with E-state index in [9.17, 15) is 15.4 Å². The molecular formula is C13H6Cl2N2O2S. The molecule has 2 aromatic rings. The van der Waals surface area contributed by atoms with E-state index in [2.05, 4.69) is 0 Å². The van der Waals surface area contributed by atoms with Gasteiger partial charge in [0.15, 0.2) is 0 Å². The molecule has 0 atom stereocenters. The van der Waals surface area contributed by atoms with Crippen molar-refractivity contribution >= 4 is 50.8 Å². The van der Waals surface area contributed by atoms with Crippen molar-refractivity contribution in [3.05, 3.63) is 61.3 Å². The van der Waals surface area contributed by atoms with Crippen LogP contribution >= 0.6 is 34.5 Å². The van der Waals surface area contributed by atoms with Gasteiger partial charge in [-0.3, -0.25) is 10.1 Å². The topological polar surface area (TPSA) is 66.9 Å². The third-order valence-corrected chi connectivity index (χ3v) is 3.96. The molecule has 0 aliphatic rings. The third-order valence-electron chi connectivity index (χ3n) is 2.45. The Balaban J connectivity index is 2.60. The lowest BCUT2D eigenvalue weighted by molar-refractivity contribution is -0.384. The van der Waals surface area contributed by atoms with Gasteiger partial charge in [0.25, 0.3) is 5.69 Å². The van der Waals surface area contributed by atoms with Crippen LogP contribution in [0.4, 0.5) is 5.69 Å². The molecule has 0 amide bonds. The Kier molecular flexibility index (Phi) is 4.40. The highest BCUT2D eigenvalue weighted by Gasteiger charge is 2.15. The number of nitro groups is 1. The number of nitriles is 1. The van der Waals surface area contributed by atoms with E-state index in [4.69, 9.17) is 23.2 Å². The Labute approximate surface area is 128 Å². The van der Waals surface area contributed by atoms with Gasteiger partial charge in [-0.1, -0.05) is 29.3 Å². The minimum absolute atomic E-state index is 0.139. The number of benzene rings is 1. The van der Waals surface area contributed by atoms with Gasteiger partial charge in [0.2, 0.25) is 0 Å². The number of halogens is 2.